The molecule has 9 heteroatoms. The molecule has 0 aromatic carbocycles. The van der Waals surface area contributed by atoms with E-state index in [1.54, 1.807) is 17.8 Å². The molecule has 0 radical (unpaired) electrons. The fourth-order valence-electron chi connectivity index (χ4n) is 1.40. The number of fused-ring (bicyclic) bond motifs is 1. The molecule has 2 rings (SSSR count). The molecule has 7 nitrogen and oxygen atoms in total. The number of aryl methyl sites for hydroxylation is 1. The molecular weight excluding hydrogens is 282 g/mol. The van der Waals surface area contributed by atoms with Gasteiger partial charge in [0.05, 0.1) is 17.0 Å². The average molecular weight is 295 g/mol. The van der Waals surface area contributed by atoms with Crippen LogP contribution >= 0.6 is 23.5 Å². The summed E-state index contributed by atoms with van der Waals surface area (Å²) in [5.41, 5.74) is 5.88. The number of amidine groups is 1. The predicted octanol–water partition coefficient (Wildman–Crippen LogP) is 1.54. The quantitative estimate of drug-likeness (QED) is 0.341. The topological polar surface area (TPSA) is 117 Å². The Morgan fingerprint density at radius 3 is 2.95 bits per heavy atom. The number of nitrogens with zero attached hydrogens (tertiary/aromatic N) is 4. The van der Waals surface area contributed by atoms with E-state index in [0.717, 1.165) is 22.9 Å². The molecule has 4 N–H and O–H groups in total. The van der Waals surface area contributed by atoms with Crippen LogP contribution in [-0.4, -0.2) is 35.7 Å². The van der Waals surface area contributed by atoms with E-state index in [0.29, 0.717) is 22.4 Å². The van der Waals surface area contributed by atoms with E-state index < -0.39 is 0 Å². The second-order valence-corrected chi connectivity index (χ2v) is 6.01. The maximum absolute atomic E-state index is 7.34. The number of nitrogens with one attached hydrogen (secondary N) is 2. The van der Waals surface area contributed by atoms with E-state index in [-0.39, 0.29) is 5.17 Å². The van der Waals surface area contributed by atoms with E-state index in [1.165, 1.54) is 11.8 Å². The molecule has 19 heavy (non-hydrogen) atoms. The van der Waals surface area contributed by atoms with Crippen LogP contribution in [0.5, 0.6) is 0 Å². The fraction of sp³-hybridized carbons (Fsp3) is 0.300. The summed E-state index contributed by atoms with van der Waals surface area (Å²) in [5, 5.41) is 20.7. The van der Waals surface area contributed by atoms with Crippen LogP contribution in [0.2, 0.25) is 0 Å². The molecule has 0 unspecified atom stereocenters. The first-order valence-corrected chi connectivity index (χ1v) is 7.25. The van der Waals surface area contributed by atoms with Crippen molar-refractivity contribution in [3.63, 3.8) is 0 Å². The van der Waals surface area contributed by atoms with E-state index in [1.807, 2.05) is 6.20 Å². The van der Waals surface area contributed by atoms with Crippen LogP contribution in [-0.2, 0) is 6.54 Å². The Balaban J connectivity index is 2.11. The van der Waals surface area contributed by atoms with Gasteiger partial charge in [-0.1, -0.05) is 0 Å². The van der Waals surface area contributed by atoms with E-state index in [9.17, 15) is 0 Å². The van der Waals surface area contributed by atoms with Crippen LogP contribution in [0.4, 0.5) is 0 Å². The van der Waals surface area contributed by atoms with Gasteiger partial charge in [0.25, 0.3) is 0 Å². The molecule has 0 aliphatic rings. The van der Waals surface area contributed by atoms with Gasteiger partial charge in [-0.2, -0.15) is 5.10 Å². The Bertz CT molecular complexity index is 621. The summed E-state index contributed by atoms with van der Waals surface area (Å²) in [4.78, 5) is 8.34. The van der Waals surface area contributed by atoms with Crippen molar-refractivity contribution in [2.75, 3.05) is 5.75 Å². The number of hydrogen-bond acceptors (Lipinski definition) is 7. The molecule has 0 atom stereocenters. The Morgan fingerprint density at radius 2 is 2.26 bits per heavy atom. The molecule has 2 aromatic heterocycles. The van der Waals surface area contributed by atoms with Crippen LogP contribution in [0.15, 0.2) is 17.6 Å². The van der Waals surface area contributed by atoms with Crippen molar-refractivity contribution in [1.82, 2.24) is 19.7 Å². The van der Waals surface area contributed by atoms with Gasteiger partial charge in [0.15, 0.2) is 16.0 Å². The highest BCUT2D eigenvalue weighted by Crippen LogP contribution is 2.16. The highest BCUT2D eigenvalue weighted by atomic mass is 32.2. The second-order valence-electron chi connectivity index (χ2n) is 3.69. The van der Waals surface area contributed by atoms with E-state index >= 15 is 0 Å². The molecular formula is C10H13N7S2. The van der Waals surface area contributed by atoms with Crippen molar-refractivity contribution in [3.05, 3.63) is 12.4 Å². The third kappa shape index (κ3) is 3.93. The van der Waals surface area contributed by atoms with Crippen LogP contribution in [0.25, 0.3) is 11.0 Å². The largest absolute Gasteiger partial charge is 0.378 e. The molecule has 100 valence electrons. The molecule has 0 bridgehead atoms. The first-order chi connectivity index (χ1) is 9.04. The zero-order valence-electron chi connectivity index (χ0n) is 10.3. The highest BCUT2D eigenvalue weighted by Gasteiger charge is 2.06. The number of thioether (sulfide) groups is 2. The first-order valence-electron chi connectivity index (χ1n) is 5.44. The van der Waals surface area contributed by atoms with Crippen molar-refractivity contribution in [2.45, 2.75) is 18.6 Å². The number of rotatable bonds is 4. The minimum Gasteiger partial charge on any atom is -0.378 e. The summed E-state index contributed by atoms with van der Waals surface area (Å²) in [5.74, 6) is 0.797. The maximum Gasteiger partial charge on any atom is 0.197 e. The average Bonchev–Trinajstić information content (AvgIpc) is 2.69. The molecule has 0 saturated heterocycles. The Hall–Kier alpha value is -1.61. The zero-order chi connectivity index (χ0) is 13.8. The number of aromatic nitrogens is 4. The molecule has 0 fully saturated rings. The van der Waals surface area contributed by atoms with Gasteiger partial charge < -0.3 is 5.73 Å². The SMILES string of the molecule is CC(=N)SCCn1cc2cnc(SC(=N)N)nc2n1. The molecule has 0 saturated carbocycles. The van der Waals surface area contributed by atoms with Crippen molar-refractivity contribution < 1.29 is 0 Å². The molecule has 2 aromatic rings. The normalized spacial score (nSPS) is 10.8. The van der Waals surface area contributed by atoms with Crippen LogP contribution in [0.1, 0.15) is 6.92 Å². The molecule has 0 aliphatic heterocycles. The number of nitrogens with two attached hydrogens (primary N) is 1. The Kier molecular flexibility index (Phi) is 4.38. The van der Waals surface area contributed by atoms with Crippen LogP contribution in [0.3, 0.4) is 0 Å². The third-order valence-corrected chi connectivity index (χ3v) is 3.54. The summed E-state index contributed by atoms with van der Waals surface area (Å²) in [6, 6.07) is 0. The summed E-state index contributed by atoms with van der Waals surface area (Å²) >= 11 is 2.49. The molecule has 0 amide bonds. The van der Waals surface area contributed by atoms with Crippen molar-refractivity contribution in [3.8, 4) is 0 Å². The third-order valence-electron chi connectivity index (χ3n) is 2.13. The molecule has 0 spiro atoms. The monoisotopic (exact) mass is 295 g/mol. The smallest absolute Gasteiger partial charge is 0.197 e. The van der Waals surface area contributed by atoms with Gasteiger partial charge in [0.1, 0.15) is 0 Å². The lowest BCUT2D eigenvalue weighted by Crippen LogP contribution is -2.04. The molecule has 2 heterocycles. The minimum atomic E-state index is -0.0448. The van der Waals surface area contributed by atoms with Crippen molar-refractivity contribution in [1.29, 1.82) is 10.8 Å². The summed E-state index contributed by atoms with van der Waals surface area (Å²) in [6.45, 7) is 2.48. The first kappa shape index (κ1) is 13.8. The Morgan fingerprint density at radius 1 is 1.47 bits per heavy atom. The van der Waals surface area contributed by atoms with Gasteiger partial charge in [0.2, 0.25) is 0 Å². The zero-order valence-corrected chi connectivity index (χ0v) is 11.9. The summed E-state index contributed by atoms with van der Waals surface area (Å²) in [7, 11) is 0. The van der Waals surface area contributed by atoms with Gasteiger partial charge in [0, 0.05) is 18.1 Å². The van der Waals surface area contributed by atoms with E-state index in [4.69, 9.17) is 16.6 Å². The molecule has 0 aliphatic carbocycles. The minimum absolute atomic E-state index is 0.0448. The predicted molar refractivity (Wildman–Crippen MR) is 79.0 cm³/mol. The van der Waals surface area contributed by atoms with Crippen LogP contribution < -0.4 is 5.73 Å². The van der Waals surface area contributed by atoms with Crippen LogP contribution in [0, 0.1) is 10.8 Å². The lowest BCUT2D eigenvalue weighted by Gasteiger charge is -1.98. The summed E-state index contributed by atoms with van der Waals surface area (Å²) in [6.07, 6.45) is 3.55. The van der Waals surface area contributed by atoms with Gasteiger partial charge in [-0.15, -0.1) is 11.8 Å². The van der Waals surface area contributed by atoms with E-state index in [2.05, 4.69) is 15.1 Å². The lowest BCUT2D eigenvalue weighted by atomic mass is 10.4. The van der Waals surface area contributed by atoms with Crippen molar-refractivity contribution >= 4 is 44.8 Å². The summed E-state index contributed by atoms with van der Waals surface area (Å²) < 4.78 is 1.79. The van der Waals surface area contributed by atoms with Gasteiger partial charge in [-0.05, 0) is 18.7 Å². The fourth-order valence-corrected chi connectivity index (χ4v) is 2.42. The lowest BCUT2D eigenvalue weighted by molar-refractivity contribution is 0.672. The highest BCUT2D eigenvalue weighted by molar-refractivity contribution is 8.13. The maximum atomic E-state index is 7.34. The Labute approximate surface area is 118 Å². The van der Waals surface area contributed by atoms with Gasteiger partial charge in [-0.25, -0.2) is 9.97 Å². The van der Waals surface area contributed by atoms with Crippen molar-refractivity contribution in [2.24, 2.45) is 5.73 Å². The van der Waals surface area contributed by atoms with Gasteiger partial charge in [-0.3, -0.25) is 15.5 Å². The number of hydrogen-bond donors (Lipinski definition) is 3. The standard InChI is InChI=1S/C10H13N7S2/c1-6(11)18-3-2-17-5-7-4-14-10(19-9(12)13)15-8(7)16-17/h4-5,11H,2-3H2,1H3,(H3,12,13). The van der Waals surface area contributed by atoms with Gasteiger partial charge >= 0.3 is 0 Å². The second kappa shape index (κ2) is 6.02.